The molecule has 0 unspecified atom stereocenters. The van der Waals surface area contributed by atoms with E-state index in [2.05, 4.69) is 36.7 Å². The summed E-state index contributed by atoms with van der Waals surface area (Å²) in [6.07, 6.45) is 8.06. The molecule has 2 saturated carbocycles. The van der Waals surface area contributed by atoms with Gasteiger partial charge in [-0.15, -0.1) is 0 Å². The third-order valence-electron chi connectivity index (χ3n) is 4.47. The van der Waals surface area contributed by atoms with E-state index in [4.69, 9.17) is 4.84 Å². The molecule has 0 radical (unpaired) electrons. The van der Waals surface area contributed by atoms with E-state index in [9.17, 15) is 0 Å². The summed E-state index contributed by atoms with van der Waals surface area (Å²) in [5.41, 5.74) is 6.23. The Labute approximate surface area is 110 Å². The number of nitrogens with one attached hydrogen (secondary N) is 1. The fraction of sp³-hybridized carbons (Fsp3) is 0.625. The van der Waals surface area contributed by atoms with Gasteiger partial charge in [0.15, 0.2) is 0 Å². The SMILES string of the molecule is Cc1ccccc1C1CC(NOC2CCCC2)C1. The second-order valence-corrected chi connectivity index (χ2v) is 5.86. The number of benzene rings is 1. The van der Waals surface area contributed by atoms with Crippen molar-refractivity contribution in [2.75, 3.05) is 0 Å². The van der Waals surface area contributed by atoms with Crippen LogP contribution < -0.4 is 5.48 Å². The topological polar surface area (TPSA) is 21.3 Å². The molecule has 0 bridgehead atoms. The van der Waals surface area contributed by atoms with Gasteiger partial charge in [0, 0.05) is 6.04 Å². The molecule has 3 rings (SSSR count). The van der Waals surface area contributed by atoms with E-state index in [1.54, 1.807) is 0 Å². The van der Waals surface area contributed by atoms with Gasteiger partial charge in [-0.05, 0) is 49.7 Å². The van der Waals surface area contributed by atoms with Crippen LogP contribution >= 0.6 is 0 Å². The number of rotatable bonds is 4. The van der Waals surface area contributed by atoms with Crippen LogP contribution in [0.2, 0.25) is 0 Å². The second kappa shape index (κ2) is 5.41. The molecule has 0 aliphatic heterocycles. The van der Waals surface area contributed by atoms with Crippen molar-refractivity contribution in [1.82, 2.24) is 5.48 Å². The predicted molar refractivity (Wildman–Crippen MR) is 73.4 cm³/mol. The van der Waals surface area contributed by atoms with E-state index in [0.717, 1.165) is 5.92 Å². The van der Waals surface area contributed by atoms with E-state index in [-0.39, 0.29) is 0 Å². The van der Waals surface area contributed by atoms with Crippen LogP contribution in [0.4, 0.5) is 0 Å². The summed E-state index contributed by atoms with van der Waals surface area (Å²) in [5, 5.41) is 0. The monoisotopic (exact) mass is 245 g/mol. The van der Waals surface area contributed by atoms with Crippen LogP contribution in [0.25, 0.3) is 0 Å². The van der Waals surface area contributed by atoms with Gasteiger partial charge >= 0.3 is 0 Å². The largest absolute Gasteiger partial charge is 0.298 e. The fourth-order valence-electron chi connectivity index (χ4n) is 3.21. The summed E-state index contributed by atoms with van der Waals surface area (Å²) in [4.78, 5) is 5.77. The molecule has 1 N–H and O–H groups in total. The van der Waals surface area contributed by atoms with Crippen molar-refractivity contribution in [2.45, 2.75) is 63.5 Å². The Morgan fingerprint density at radius 3 is 2.56 bits per heavy atom. The molecule has 2 nitrogen and oxygen atoms in total. The third-order valence-corrected chi connectivity index (χ3v) is 4.47. The highest BCUT2D eigenvalue weighted by atomic mass is 16.7. The minimum atomic E-state index is 0.475. The molecule has 98 valence electrons. The van der Waals surface area contributed by atoms with Gasteiger partial charge in [0.05, 0.1) is 6.10 Å². The molecule has 0 aromatic heterocycles. The Kier molecular flexibility index (Phi) is 3.67. The molecule has 2 fully saturated rings. The molecular formula is C16H23NO. The molecule has 0 amide bonds. The first-order chi connectivity index (χ1) is 8.83. The summed E-state index contributed by atoms with van der Waals surface area (Å²) in [7, 11) is 0. The first kappa shape index (κ1) is 12.2. The Hall–Kier alpha value is -0.860. The van der Waals surface area contributed by atoms with Crippen molar-refractivity contribution in [3.63, 3.8) is 0 Å². The van der Waals surface area contributed by atoms with Crippen molar-refractivity contribution in [1.29, 1.82) is 0 Å². The van der Waals surface area contributed by atoms with Gasteiger partial charge in [0.1, 0.15) is 0 Å². The first-order valence-corrected chi connectivity index (χ1v) is 7.29. The standard InChI is InChI=1S/C16H23NO/c1-12-6-2-5-9-16(12)13-10-14(11-13)17-18-15-7-3-4-8-15/h2,5-6,9,13-15,17H,3-4,7-8,10-11H2,1H3. The lowest BCUT2D eigenvalue weighted by molar-refractivity contribution is -0.0575. The quantitative estimate of drug-likeness (QED) is 0.817. The minimum absolute atomic E-state index is 0.475. The van der Waals surface area contributed by atoms with Crippen molar-refractivity contribution in [3.05, 3.63) is 35.4 Å². The van der Waals surface area contributed by atoms with Crippen LogP contribution in [0.5, 0.6) is 0 Å². The van der Waals surface area contributed by atoms with Crippen LogP contribution in [0.1, 0.15) is 55.6 Å². The van der Waals surface area contributed by atoms with E-state index < -0.39 is 0 Å². The van der Waals surface area contributed by atoms with E-state index in [0.29, 0.717) is 12.1 Å². The van der Waals surface area contributed by atoms with Gasteiger partial charge in [-0.25, -0.2) is 0 Å². The van der Waals surface area contributed by atoms with Crippen LogP contribution in [0, 0.1) is 6.92 Å². The van der Waals surface area contributed by atoms with Crippen molar-refractivity contribution in [3.8, 4) is 0 Å². The fourth-order valence-corrected chi connectivity index (χ4v) is 3.21. The molecule has 0 heterocycles. The molecule has 0 saturated heterocycles. The average molecular weight is 245 g/mol. The zero-order chi connectivity index (χ0) is 12.4. The van der Waals surface area contributed by atoms with E-state index in [1.165, 1.54) is 49.7 Å². The third kappa shape index (κ3) is 2.60. The zero-order valence-electron chi connectivity index (χ0n) is 11.2. The summed E-state index contributed by atoms with van der Waals surface area (Å²) < 4.78 is 0. The lowest BCUT2D eigenvalue weighted by Crippen LogP contribution is -2.41. The lowest BCUT2D eigenvalue weighted by atomic mass is 9.75. The number of hydrogen-bond acceptors (Lipinski definition) is 2. The number of hydroxylamine groups is 1. The molecule has 2 aliphatic rings. The maximum atomic E-state index is 5.77. The smallest absolute Gasteiger partial charge is 0.0790 e. The highest BCUT2D eigenvalue weighted by Gasteiger charge is 2.31. The Morgan fingerprint density at radius 2 is 1.83 bits per heavy atom. The van der Waals surface area contributed by atoms with E-state index >= 15 is 0 Å². The predicted octanol–water partition coefficient (Wildman–Crippen LogP) is 3.70. The van der Waals surface area contributed by atoms with Gasteiger partial charge < -0.3 is 0 Å². The first-order valence-electron chi connectivity index (χ1n) is 7.29. The van der Waals surface area contributed by atoms with Gasteiger partial charge in [-0.3, -0.25) is 4.84 Å². The molecule has 1 aromatic rings. The van der Waals surface area contributed by atoms with Gasteiger partial charge in [0.25, 0.3) is 0 Å². The molecule has 1 aromatic carbocycles. The Balaban J connectivity index is 1.44. The maximum Gasteiger partial charge on any atom is 0.0790 e. The van der Waals surface area contributed by atoms with E-state index in [1.807, 2.05) is 0 Å². The average Bonchev–Trinajstić information content (AvgIpc) is 2.82. The summed E-state index contributed by atoms with van der Waals surface area (Å²) in [5.74, 6) is 0.732. The van der Waals surface area contributed by atoms with Crippen LogP contribution in [0.15, 0.2) is 24.3 Å². The Bertz CT molecular complexity index is 392. The zero-order valence-corrected chi connectivity index (χ0v) is 11.2. The van der Waals surface area contributed by atoms with Gasteiger partial charge in [0.2, 0.25) is 0 Å². The molecular weight excluding hydrogens is 222 g/mol. The Morgan fingerprint density at radius 1 is 1.11 bits per heavy atom. The van der Waals surface area contributed by atoms with Crippen LogP contribution in [-0.4, -0.2) is 12.1 Å². The highest BCUT2D eigenvalue weighted by molar-refractivity contribution is 5.31. The lowest BCUT2D eigenvalue weighted by Gasteiger charge is -2.37. The second-order valence-electron chi connectivity index (χ2n) is 5.86. The van der Waals surface area contributed by atoms with Crippen molar-refractivity contribution >= 4 is 0 Å². The molecule has 18 heavy (non-hydrogen) atoms. The summed E-state index contributed by atoms with van der Waals surface area (Å²) in [6, 6.07) is 9.32. The minimum Gasteiger partial charge on any atom is -0.298 e. The van der Waals surface area contributed by atoms with Crippen molar-refractivity contribution in [2.24, 2.45) is 0 Å². The van der Waals surface area contributed by atoms with Crippen LogP contribution in [-0.2, 0) is 4.84 Å². The van der Waals surface area contributed by atoms with Crippen molar-refractivity contribution < 1.29 is 4.84 Å². The highest BCUT2D eigenvalue weighted by Crippen LogP contribution is 2.38. The number of hydrogen-bond donors (Lipinski definition) is 1. The molecule has 0 spiro atoms. The van der Waals surface area contributed by atoms with Gasteiger partial charge in [-0.2, -0.15) is 5.48 Å². The normalized spacial score (nSPS) is 28.3. The van der Waals surface area contributed by atoms with Gasteiger partial charge in [-0.1, -0.05) is 37.1 Å². The van der Waals surface area contributed by atoms with Crippen LogP contribution in [0.3, 0.4) is 0 Å². The molecule has 2 aliphatic carbocycles. The molecule has 2 heteroatoms. The maximum absolute atomic E-state index is 5.77. The number of aryl methyl sites for hydroxylation is 1. The summed E-state index contributed by atoms with van der Waals surface area (Å²) >= 11 is 0. The summed E-state index contributed by atoms with van der Waals surface area (Å²) in [6.45, 7) is 2.21. The molecule has 0 atom stereocenters.